The fourth-order valence-corrected chi connectivity index (χ4v) is 5.46. The molecule has 2 heterocycles. The summed E-state index contributed by atoms with van der Waals surface area (Å²) in [5, 5.41) is 5.41. The maximum atomic E-state index is 14.2. The highest BCUT2D eigenvalue weighted by molar-refractivity contribution is 6.16. The fraction of sp³-hybridized carbons (Fsp3) is 0.382. The number of carbonyl (C=O) groups excluding carboxylic acids is 2. The molecule has 0 radical (unpaired) electrons. The van der Waals surface area contributed by atoms with Crippen LogP contribution < -0.4 is 4.74 Å². The SMILES string of the molecule is CCC(=O)O/N=C(\C)c1ccc2c(c1)c1cc(C(=O)c3ccc(OCCC4COC(C)(C)O4)cc3C(F)(F)F)ccc1n2CC. The molecule has 8 nitrogen and oxygen atoms in total. The molecule has 1 atom stereocenters. The first-order valence-electron chi connectivity index (χ1n) is 14.8. The Bertz CT molecular complexity index is 1790. The number of nitrogens with zero attached hydrogens (tertiary/aromatic N) is 2. The maximum absolute atomic E-state index is 14.2. The van der Waals surface area contributed by atoms with E-state index in [2.05, 4.69) is 9.72 Å². The van der Waals surface area contributed by atoms with Crippen molar-refractivity contribution in [1.82, 2.24) is 4.57 Å². The van der Waals surface area contributed by atoms with Crippen LogP contribution in [0.15, 0.2) is 59.8 Å². The Morgan fingerprint density at radius 1 is 1.00 bits per heavy atom. The minimum atomic E-state index is -4.79. The predicted octanol–water partition coefficient (Wildman–Crippen LogP) is 7.66. The Labute approximate surface area is 258 Å². The van der Waals surface area contributed by atoms with E-state index in [1.165, 1.54) is 6.07 Å². The predicted molar refractivity (Wildman–Crippen MR) is 164 cm³/mol. The number of hydrogen-bond donors (Lipinski definition) is 0. The van der Waals surface area contributed by atoms with Crippen molar-refractivity contribution in [2.75, 3.05) is 13.2 Å². The number of halogens is 3. The van der Waals surface area contributed by atoms with Crippen LogP contribution in [-0.2, 0) is 31.8 Å². The molecule has 5 rings (SSSR count). The summed E-state index contributed by atoms with van der Waals surface area (Å²) >= 11 is 0. The third-order valence-electron chi connectivity index (χ3n) is 7.75. The Hall–Kier alpha value is -4.22. The molecule has 1 aliphatic rings. The van der Waals surface area contributed by atoms with Crippen LogP contribution in [0.4, 0.5) is 13.2 Å². The van der Waals surface area contributed by atoms with Crippen molar-refractivity contribution >= 4 is 39.3 Å². The summed E-state index contributed by atoms with van der Waals surface area (Å²) in [7, 11) is 0. The van der Waals surface area contributed by atoms with Crippen molar-refractivity contribution in [3.05, 3.63) is 76.9 Å². The van der Waals surface area contributed by atoms with E-state index in [1.54, 1.807) is 45.9 Å². The van der Waals surface area contributed by atoms with E-state index in [4.69, 9.17) is 19.0 Å². The largest absolute Gasteiger partial charge is 0.493 e. The smallest absolute Gasteiger partial charge is 0.417 e. The molecule has 1 unspecified atom stereocenters. The van der Waals surface area contributed by atoms with E-state index in [-0.39, 0.29) is 30.4 Å². The van der Waals surface area contributed by atoms with Crippen LogP contribution in [0.1, 0.15) is 74.5 Å². The Morgan fingerprint density at radius 2 is 1.67 bits per heavy atom. The van der Waals surface area contributed by atoms with E-state index in [0.717, 1.165) is 28.6 Å². The first kappa shape index (κ1) is 32.2. The summed E-state index contributed by atoms with van der Waals surface area (Å²) in [6.07, 6.45) is -4.38. The zero-order chi connectivity index (χ0) is 32.5. The number of carbonyl (C=O) groups is 2. The first-order valence-corrected chi connectivity index (χ1v) is 14.8. The Kier molecular flexibility index (Phi) is 9.04. The van der Waals surface area contributed by atoms with Crippen molar-refractivity contribution in [1.29, 1.82) is 0 Å². The highest BCUT2D eigenvalue weighted by Gasteiger charge is 2.36. The number of alkyl halides is 3. The van der Waals surface area contributed by atoms with Gasteiger partial charge in [-0.2, -0.15) is 13.2 Å². The third-order valence-corrected chi connectivity index (χ3v) is 7.75. The molecule has 11 heteroatoms. The zero-order valence-electron chi connectivity index (χ0n) is 25.8. The standard InChI is InChI=1S/C34H35F3N2O6/c1-6-31(40)45-38-20(3)21-8-12-29-26(16-21)27-17-22(9-13-30(27)39(29)7-2)32(41)25-11-10-23(18-28(25)34(35,36)37)42-15-14-24-19-43-33(4,5)44-24/h8-13,16-18,24H,6-7,14-15,19H2,1-5H3/b38-20+. The van der Waals surface area contributed by atoms with Gasteiger partial charge in [-0.25, -0.2) is 4.79 Å². The summed E-state index contributed by atoms with van der Waals surface area (Å²) in [5.41, 5.74) is 1.47. The summed E-state index contributed by atoms with van der Waals surface area (Å²) in [6.45, 7) is 10.1. The number of benzene rings is 3. The van der Waals surface area contributed by atoms with Crippen LogP contribution in [0.5, 0.6) is 5.75 Å². The van der Waals surface area contributed by atoms with Crippen molar-refractivity contribution in [3.63, 3.8) is 0 Å². The van der Waals surface area contributed by atoms with Gasteiger partial charge in [-0.15, -0.1) is 0 Å². The van der Waals surface area contributed by atoms with Crippen LogP contribution in [0.25, 0.3) is 21.8 Å². The van der Waals surface area contributed by atoms with E-state index < -0.39 is 34.8 Å². The highest BCUT2D eigenvalue weighted by atomic mass is 19.4. The average molecular weight is 625 g/mol. The van der Waals surface area contributed by atoms with Crippen LogP contribution in [0.2, 0.25) is 0 Å². The normalized spacial score (nSPS) is 16.8. The quantitative estimate of drug-likeness (QED) is 0.0779. The van der Waals surface area contributed by atoms with E-state index in [1.807, 2.05) is 25.1 Å². The van der Waals surface area contributed by atoms with Crippen LogP contribution in [0, 0.1) is 0 Å². The van der Waals surface area contributed by atoms with Gasteiger partial charge in [0.2, 0.25) is 0 Å². The molecular weight excluding hydrogens is 589 g/mol. The van der Waals surface area contributed by atoms with Gasteiger partial charge < -0.3 is 23.6 Å². The van der Waals surface area contributed by atoms with Gasteiger partial charge in [0, 0.05) is 52.3 Å². The lowest BCUT2D eigenvalue weighted by Gasteiger charge is -2.17. The van der Waals surface area contributed by atoms with Crippen LogP contribution in [-0.4, -0.2) is 47.1 Å². The van der Waals surface area contributed by atoms with Gasteiger partial charge in [0.1, 0.15) is 5.75 Å². The molecule has 1 aromatic heterocycles. The van der Waals surface area contributed by atoms with Crippen molar-refractivity contribution < 1.29 is 41.8 Å². The number of aromatic nitrogens is 1. The maximum Gasteiger partial charge on any atom is 0.417 e. The van der Waals surface area contributed by atoms with Gasteiger partial charge in [-0.05, 0) is 81.8 Å². The summed E-state index contributed by atoms with van der Waals surface area (Å²) in [4.78, 5) is 30.1. The van der Waals surface area contributed by atoms with E-state index in [0.29, 0.717) is 36.2 Å². The number of ether oxygens (including phenoxy) is 3. The summed E-state index contributed by atoms with van der Waals surface area (Å²) in [5.74, 6) is -1.91. The van der Waals surface area contributed by atoms with E-state index >= 15 is 0 Å². The molecule has 0 bridgehead atoms. The van der Waals surface area contributed by atoms with Crippen molar-refractivity contribution in [2.45, 2.75) is 72.1 Å². The molecule has 1 saturated heterocycles. The van der Waals surface area contributed by atoms with Crippen molar-refractivity contribution in [3.8, 4) is 5.75 Å². The number of ketones is 1. The lowest BCUT2D eigenvalue weighted by molar-refractivity contribution is -0.143. The van der Waals surface area contributed by atoms with Gasteiger partial charge in [0.05, 0.1) is 30.6 Å². The average Bonchev–Trinajstić information content (AvgIpc) is 3.53. The molecule has 1 aliphatic heterocycles. The second kappa shape index (κ2) is 12.6. The second-order valence-corrected chi connectivity index (χ2v) is 11.3. The van der Waals surface area contributed by atoms with Gasteiger partial charge >= 0.3 is 12.1 Å². The molecule has 1 fully saturated rings. The molecule has 0 saturated carbocycles. The van der Waals surface area contributed by atoms with Gasteiger partial charge in [0.15, 0.2) is 11.6 Å². The lowest BCUT2D eigenvalue weighted by Crippen LogP contribution is -2.22. The van der Waals surface area contributed by atoms with Crippen molar-refractivity contribution in [2.24, 2.45) is 5.16 Å². The molecular formula is C34H35F3N2O6. The zero-order valence-corrected chi connectivity index (χ0v) is 25.8. The number of fused-ring (bicyclic) bond motifs is 3. The number of oxime groups is 1. The topological polar surface area (TPSA) is 88.3 Å². The molecule has 238 valence electrons. The third kappa shape index (κ3) is 6.89. The fourth-order valence-electron chi connectivity index (χ4n) is 5.46. The van der Waals surface area contributed by atoms with Crippen LogP contribution >= 0.6 is 0 Å². The van der Waals surface area contributed by atoms with Gasteiger partial charge in [0.25, 0.3) is 0 Å². The molecule has 0 aliphatic carbocycles. The monoisotopic (exact) mass is 624 g/mol. The highest BCUT2D eigenvalue weighted by Crippen LogP contribution is 2.37. The minimum absolute atomic E-state index is 0.00713. The minimum Gasteiger partial charge on any atom is -0.493 e. The number of rotatable bonds is 10. The summed E-state index contributed by atoms with van der Waals surface area (Å²) < 4.78 is 61.6. The molecule has 0 N–H and O–H groups in total. The van der Waals surface area contributed by atoms with E-state index in [9.17, 15) is 22.8 Å². The van der Waals surface area contributed by atoms with Crippen LogP contribution in [0.3, 0.4) is 0 Å². The van der Waals surface area contributed by atoms with Gasteiger partial charge in [-0.3, -0.25) is 4.79 Å². The van der Waals surface area contributed by atoms with Gasteiger partial charge in [-0.1, -0.05) is 18.1 Å². The molecule has 0 amide bonds. The molecule has 3 aromatic carbocycles. The molecule has 45 heavy (non-hydrogen) atoms. The number of aryl methyl sites for hydroxylation is 1. The molecule has 0 spiro atoms. The Balaban J connectivity index is 1.46. The summed E-state index contributed by atoms with van der Waals surface area (Å²) in [6, 6.07) is 13.9. The second-order valence-electron chi connectivity index (χ2n) is 11.3. The molecule has 4 aromatic rings. The lowest BCUT2D eigenvalue weighted by atomic mass is 9.96. The Morgan fingerprint density at radius 3 is 2.27 bits per heavy atom. The number of hydrogen-bond acceptors (Lipinski definition) is 7. The first-order chi connectivity index (χ1) is 21.3.